The molecule has 4 fully saturated rings. The molecular formula is C26H26Cl2IN3O. The van der Waals surface area contributed by atoms with Crippen molar-refractivity contribution in [2.75, 3.05) is 5.01 Å². The maximum Gasteiger partial charge on any atom is 0.267 e. The molecule has 0 aromatic heterocycles. The maximum atomic E-state index is 13.5. The highest BCUT2D eigenvalue weighted by molar-refractivity contribution is 14.1. The molecule has 2 aromatic rings. The first-order valence-corrected chi connectivity index (χ1v) is 13.7. The second kappa shape index (κ2) is 8.72. The van der Waals surface area contributed by atoms with Crippen molar-refractivity contribution in [3.63, 3.8) is 0 Å². The van der Waals surface area contributed by atoms with Crippen molar-refractivity contribution < 1.29 is 4.79 Å². The molecule has 0 saturated heterocycles. The van der Waals surface area contributed by atoms with Gasteiger partial charge >= 0.3 is 0 Å². The first-order chi connectivity index (χ1) is 15.9. The van der Waals surface area contributed by atoms with Crippen LogP contribution in [0.3, 0.4) is 0 Å². The summed E-state index contributed by atoms with van der Waals surface area (Å²) < 4.78 is 1.17. The standard InChI is InChI=1S/C26H26Cl2IN3O/c27-19-3-6-23(21(28)12-19)32-24(16-1-4-20(29)5-2-16)13-22(31-32)26(33)30-25-17-8-14-7-15(10-17)11-18(25)9-14/h1-6,12,14-15,17-18,24-25H,7-11,13H2,(H,30,33). The van der Waals surface area contributed by atoms with Gasteiger partial charge in [0.1, 0.15) is 5.71 Å². The molecule has 1 unspecified atom stereocenters. The minimum Gasteiger partial charge on any atom is -0.348 e. The number of nitrogens with zero attached hydrogens (tertiary/aromatic N) is 2. The van der Waals surface area contributed by atoms with Gasteiger partial charge in [-0.1, -0.05) is 35.3 Å². The molecule has 33 heavy (non-hydrogen) atoms. The van der Waals surface area contributed by atoms with Crippen molar-refractivity contribution in [3.8, 4) is 0 Å². The van der Waals surface area contributed by atoms with Gasteiger partial charge in [0.2, 0.25) is 0 Å². The van der Waals surface area contributed by atoms with Crippen molar-refractivity contribution in [3.05, 3.63) is 61.6 Å². The molecule has 7 rings (SSSR count). The Balaban J connectivity index is 1.27. The second-order valence-electron chi connectivity index (χ2n) is 10.2. The molecule has 4 aliphatic carbocycles. The number of amides is 1. The van der Waals surface area contributed by atoms with Gasteiger partial charge in [0, 0.05) is 21.1 Å². The van der Waals surface area contributed by atoms with E-state index in [2.05, 4.69) is 52.2 Å². The Morgan fingerprint density at radius 1 is 0.970 bits per heavy atom. The van der Waals surface area contributed by atoms with Gasteiger partial charge in [0.05, 0.1) is 16.8 Å². The average Bonchev–Trinajstić information content (AvgIpc) is 3.21. The van der Waals surface area contributed by atoms with Crippen LogP contribution < -0.4 is 10.3 Å². The molecular weight excluding hydrogens is 568 g/mol. The highest BCUT2D eigenvalue weighted by Gasteiger charge is 2.49. The largest absolute Gasteiger partial charge is 0.348 e. The summed E-state index contributed by atoms with van der Waals surface area (Å²) in [6, 6.07) is 14.0. The van der Waals surface area contributed by atoms with Crippen LogP contribution in [0.1, 0.15) is 50.1 Å². The quantitative estimate of drug-likeness (QED) is 0.394. The lowest BCUT2D eigenvalue weighted by atomic mass is 9.54. The number of rotatable bonds is 4. The molecule has 172 valence electrons. The molecule has 1 atom stereocenters. The molecule has 4 nitrogen and oxygen atoms in total. The van der Waals surface area contributed by atoms with E-state index in [1.54, 1.807) is 6.07 Å². The predicted octanol–water partition coefficient (Wildman–Crippen LogP) is 6.85. The van der Waals surface area contributed by atoms with Gasteiger partial charge in [-0.25, -0.2) is 0 Å². The molecule has 5 aliphatic rings. The van der Waals surface area contributed by atoms with Crippen LogP contribution >= 0.6 is 45.8 Å². The molecule has 1 heterocycles. The lowest BCUT2D eigenvalue weighted by molar-refractivity contribution is -0.118. The van der Waals surface area contributed by atoms with Crippen molar-refractivity contribution in [1.29, 1.82) is 0 Å². The van der Waals surface area contributed by atoms with Gasteiger partial charge in [-0.15, -0.1) is 0 Å². The Labute approximate surface area is 218 Å². The van der Waals surface area contributed by atoms with Crippen LogP contribution in [0, 0.1) is 27.2 Å². The van der Waals surface area contributed by atoms with E-state index in [1.165, 1.54) is 35.7 Å². The minimum absolute atomic E-state index is 0.0180. The lowest BCUT2D eigenvalue weighted by Gasteiger charge is -2.54. The zero-order chi connectivity index (χ0) is 22.7. The summed E-state index contributed by atoms with van der Waals surface area (Å²) in [7, 11) is 0. The average molecular weight is 594 g/mol. The van der Waals surface area contributed by atoms with Crippen LogP contribution in [-0.4, -0.2) is 17.7 Å². The fourth-order valence-corrected chi connectivity index (χ4v) is 7.73. The summed E-state index contributed by atoms with van der Waals surface area (Å²) in [5.74, 6) is 3.03. The van der Waals surface area contributed by atoms with Crippen molar-refractivity contribution in [2.24, 2.45) is 28.8 Å². The molecule has 1 amide bonds. The first kappa shape index (κ1) is 22.2. The molecule has 2 aromatic carbocycles. The Kier molecular flexibility index (Phi) is 5.86. The SMILES string of the molecule is O=C(NC1C2CC3CC(C2)CC1C3)C1=NN(c2ccc(Cl)cc2Cl)C(c2ccc(I)cc2)C1. The second-order valence-corrected chi connectivity index (χ2v) is 12.3. The number of hydrogen-bond acceptors (Lipinski definition) is 3. The number of carbonyl (C=O) groups is 1. The van der Waals surface area contributed by atoms with Crippen LogP contribution in [0.4, 0.5) is 5.69 Å². The maximum absolute atomic E-state index is 13.5. The number of halogens is 3. The lowest BCUT2D eigenvalue weighted by Crippen LogP contribution is -2.56. The Morgan fingerprint density at radius 3 is 2.27 bits per heavy atom. The number of benzene rings is 2. The Hall–Kier alpha value is -1.31. The Bertz CT molecular complexity index is 1090. The molecule has 0 radical (unpaired) electrons. The summed E-state index contributed by atoms with van der Waals surface area (Å²) in [5.41, 5.74) is 2.46. The van der Waals surface area contributed by atoms with E-state index in [0.717, 1.165) is 23.1 Å². The minimum atomic E-state index is -0.0834. The molecule has 4 saturated carbocycles. The molecule has 4 bridgehead atoms. The smallest absolute Gasteiger partial charge is 0.267 e. The van der Waals surface area contributed by atoms with Gasteiger partial charge in [0.15, 0.2) is 0 Å². The van der Waals surface area contributed by atoms with E-state index in [1.807, 2.05) is 17.1 Å². The normalized spacial score (nSPS) is 32.2. The highest BCUT2D eigenvalue weighted by Crippen LogP contribution is 2.53. The van der Waals surface area contributed by atoms with Gasteiger partial charge in [-0.2, -0.15) is 5.10 Å². The van der Waals surface area contributed by atoms with E-state index in [-0.39, 0.29) is 11.9 Å². The summed E-state index contributed by atoms with van der Waals surface area (Å²) in [6.45, 7) is 0. The zero-order valence-corrected chi connectivity index (χ0v) is 21.9. The Morgan fingerprint density at radius 2 is 1.64 bits per heavy atom. The van der Waals surface area contributed by atoms with Crippen LogP contribution in [0.25, 0.3) is 0 Å². The molecule has 1 aliphatic heterocycles. The first-order valence-electron chi connectivity index (χ1n) is 11.8. The fraction of sp³-hybridized carbons (Fsp3) is 0.462. The third-order valence-corrected chi connectivity index (χ3v) is 9.37. The van der Waals surface area contributed by atoms with E-state index < -0.39 is 0 Å². The molecule has 0 spiro atoms. The summed E-state index contributed by atoms with van der Waals surface area (Å²) >= 11 is 15.0. The van der Waals surface area contributed by atoms with Crippen molar-refractivity contribution >= 4 is 63.1 Å². The predicted molar refractivity (Wildman–Crippen MR) is 142 cm³/mol. The van der Waals surface area contributed by atoms with E-state index >= 15 is 0 Å². The van der Waals surface area contributed by atoms with Crippen LogP contribution in [0.15, 0.2) is 47.6 Å². The fourth-order valence-electron chi connectivity index (χ4n) is 6.88. The van der Waals surface area contributed by atoms with Crippen molar-refractivity contribution in [1.82, 2.24) is 5.32 Å². The molecule has 1 N–H and O–H groups in total. The molecule has 7 heteroatoms. The summed E-state index contributed by atoms with van der Waals surface area (Å²) in [5, 5.41) is 11.3. The van der Waals surface area contributed by atoms with E-state index in [0.29, 0.717) is 40.1 Å². The summed E-state index contributed by atoms with van der Waals surface area (Å²) in [6.07, 6.45) is 7.09. The van der Waals surface area contributed by atoms with Crippen LogP contribution in [0.2, 0.25) is 10.0 Å². The third kappa shape index (κ3) is 4.19. The van der Waals surface area contributed by atoms with E-state index in [9.17, 15) is 4.79 Å². The number of carbonyl (C=O) groups excluding carboxylic acids is 1. The van der Waals surface area contributed by atoms with Gasteiger partial charge in [-0.05, 0) is 114 Å². The van der Waals surface area contributed by atoms with Gasteiger partial charge in [0.25, 0.3) is 5.91 Å². The topological polar surface area (TPSA) is 44.7 Å². The van der Waals surface area contributed by atoms with Gasteiger partial charge in [-0.3, -0.25) is 9.80 Å². The van der Waals surface area contributed by atoms with Crippen molar-refractivity contribution in [2.45, 2.75) is 50.6 Å². The number of hydrazone groups is 1. The van der Waals surface area contributed by atoms with Crippen LogP contribution in [0.5, 0.6) is 0 Å². The third-order valence-electron chi connectivity index (χ3n) is 8.11. The van der Waals surface area contributed by atoms with Gasteiger partial charge < -0.3 is 5.32 Å². The number of anilines is 1. The zero-order valence-electron chi connectivity index (χ0n) is 18.2. The number of hydrogen-bond donors (Lipinski definition) is 1. The van der Waals surface area contributed by atoms with Crippen LogP contribution in [-0.2, 0) is 4.79 Å². The monoisotopic (exact) mass is 593 g/mol. The summed E-state index contributed by atoms with van der Waals surface area (Å²) in [4.78, 5) is 13.5. The van der Waals surface area contributed by atoms with E-state index in [4.69, 9.17) is 28.3 Å². The highest BCUT2D eigenvalue weighted by atomic mass is 127. The number of nitrogens with one attached hydrogen (secondary N) is 1.